The maximum atomic E-state index is 12.9. The topological polar surface area (TPSA) is 26.3 Å². The Bertz CT molecular complexity index is 394. The molecule has 0 N–H and O–H groups in total. The molecular formula is C10H8BrF3O2. The van der Waals surface area contributed by atoms with Crippen LogP contribution in [-0.2, 0) is 0 Å². The quantitative estimate of drug-likeness (QED) is 0.629. The molecule has 0 radical (unpaired) electrons. The van der Waals surface area contributed by atoms with Crippen LogP contribution in [0.25, 0.3) is 0 Å². The van der Waals surface area contributed by atoms with Crippen molar-refractivity contribution in [3.8, 4) is 5.75 Å². The summed E-state index contributed by atoms with van der Waals surface area (Å²) in [5.74, 6) is -1.53. The molecule has 0 bridgehead atoms. The lowest BCUT2D eigenvalue weighted by Crippen LogP contribution is -2.14. The zero-order valence-corrected chi connectivity index (χ0v) is 9.80. The minimum Gasteiger partial charge on any atom is -0.434 e. The molecule has 0 aliphatic rings. The van der Waals surface area contributed by atoms with E-state index in [9.17, 15) is 18.0 Å². The second-order valence-corrected chi connectivity index (χ2v) is 4.37. The van der Waals surface area contributed by atoms with E-state index < -0.39 is 23.0 Å². The van der Waals surface area contributed by atoms with Crippen LogP contribution in [0.2, 0.25) is 0 Å². The van der Waals surface area contributed by atoms with Gasteiger partial charge in [-0.05, 0) is 25.1 Å². The van der Waals surface area contributed by atoms with Gasteiger partial charge in [-0.3, -0.25) is 4.79 Å². The van der Waals surface area contributed by atoms with Crippen LogP contribution in [0.5, 0.6) is 5.75 Å². The van der Waals surface area contributed by atoms with E-state index in [1.165, 1.54) is 6.92 Å². The number of alkyl halides is 3. The SMILES string of the molecule is CC(Br)C(=O)c1cc(F)ccc1OC(F)F. The highest BCUT2D eigenvalue weighted by Gasteiger charge is 2.19. The molecule has 16 heavy (non-hydrogen) atoms. The molecule has 88 valence electrons. The van der Waals surface area contributed by atoms with Crippen LogP contribution in [0, 0.1) is 5.82 Å². The van der Waals surface area contributed by atoms with Gasteiger partial charge in [0, 0.05) is 0 Å². The van der Waals surface area contributed by atoms with Gasteiger partial charge >= 0.3 is 6.61 Å². The predicted octanol–water partition coefficient (Wildman–Crippen LogP) is 3.39. The van der Waals surface area contributed by atoms with E-state index in [1.807, 2.05) is 0 Å². The van der Waals surface area contributed by atoms with Crippen molar-refractivity contribution < 1.29 is 22.7 Å². The van der Waals surface area contributed by atoms with Crippen LogP contribution in [-0.4, -0.2) is 17.2 Å². The molecule has 1 atom stereocenters. The largest absolute Gasteiger partial charge is 0.434 e. The van der Waals surface area contributed by atoms with Gasteiger partial charge in [0.1, 0.15) is 11.6 Å². The van der Waals surface area contributed by atoms with Crippen molar-refractivity contribution in [2.45, 2.75) is 18.4 Å². The number of carbonyl (C=O) groups is 1. The fraction of sp³-hybridized carbons (Fsp3) is 0.300. The first-order valence-corrected chi connectivity index (χ1v) is 5.26. The Morgan fingerprint density at radius 2 is 2.06 bits per heavy atom. The fourth-order valence-electron chi connectivity index (χ4n) is 1.11. The van der Waals surface area contributed by atoms with Gasteiger partial charge in [0.05, 0.1) is 10.4 Å². The second-order valence-electron chi connectivity index (χ2n) is 3.00. The molecule has 0 fully saturated rings. The lowest BCUT2D eigenvalue weighted by molar-refractivity contribution is -0.0501. The van der Waals surface area contributed by atoms with Crippen molar-refractivity contribution in [2.24, 2.45) is 0 Å². The van der Waals surface area contributed by atoms with E-state index >= 15 is 0 Å². The molecule has 0 saturated carbocycles. The maximum absolute atomic E-state index is 12.9. The summed E-state index contributed by atoms with van der Waals surface area (Å²) in [7, 11) is 0. The Morgan fingerprint density at radius 3 is 2.56 bits per heavy atom. The summed E-state index contributed by atoms with van der Waals surface area (Å²) in [4.78, 5) is 11.0. The van der Waals surface area contributed by atoms with Crippen molar-refractivity contribution in [2.75, 3.05) is 0 Å². The van der Waals surface area contributed by atoms with Gasteiger partial charge in [-0.15, -0.1) is 0 Å². The molecule has 0 aliphatic carbocycles. The Balaban J connectivity index is 3.12. The molecule has 6 heteroatoms. The van der Waals surface area contributed by atoms with Gasteiger partial charge in [0.2, 0.25) is 0 Å². The van der Waals surface area contributed by atoms with Crippen LogP contribution in [0.4, 0.5) is 13.2 Å². The fourth-order valence-corrected chi connectivity index (χ4v) is 1.35. The third-order valence-corrected chi connectivity index (χ3v) is 2.20. The molecule has 1 aromatic rings. The van der Waals surface area contributed by atoms with Crippen LogP contribution in [0.15, 0.2) is 18.2 Å². The Morgan fingerprint density at radius 1 is 1.44 bits per heavy atom. The minimum atomic E-state index is -3.05. The number of ether oxygens (including phenoxy) is 1. The number of ketones is 1. The van der Waals surface area contributed by atoms with Gasteiger partial charge in [-0.1, -0.05) is 15.9 Å². The van der Waals surface area contributed by atoms with E-state index in [2.05, 4.69) is 20.7 Å². The third kappa shape index (κ3) is 3.23. The number of hydrogen-bond acceptors (Lipinski definition) is 2. The molecule has 2 nitrogen and oxygen atoms in total. The summed E-state index contributed by atoms with van der Waals surface area (Å²) in [6.07, 6.45) is 0. The first kappa shape index (κ1) is 13.0. The van der Waals surface area contributed by atoms with Gasteiger partial charge in [-0.25, -0.2) is 4.39 Å². The number of carbonyl (C=O) groups excluding carboxylic acids is 1. The standard InChI is InChI=1S/C10H8BrF3O2/c1-5(11)9(15)7-4-6(12)2-3-8(7)16-10(13)14/h2-5,10H,1H3. The first-order chi connectivity index (χ1) is 7.41. The molecular weight excluding hydrogens is 289 g/mol. The molecule has 1 aromatic carbocycles. The van der Waals surface area contributed by atoms with Crippen molar-refractivity contribution >= 4 is 21.7 Å². The zero-order chi connectivity index (χ0) is 12.3. The highest BCUT2D eigenvalue weighted by atomic mass is 79.9. The van der Waals surface area contributed by atoms with Gasteiger partial charge < -0.3 is 4.74 Å². The average molecular weight is 297 g/mol. The molecule has 0 heterocycles. The normalized spacial score (nSPS) is 12.6. The number of benzene rings is 1. The zero-order valence-electron chi connectivity index (χ0n) is 8.22. The smallest absolute Gasteiger partial charge is 0.387 e. The molecule has 0 amide bonds. The summed E-state index contributed by atoms with van der Waals surface area (Å²) in [5.41, 5.74) is -0.204. The third-order valence-electron chi connectivity index (χ3n) is 1.78. The van der Waals surface area contributed by atoms with Crippen LogP contribution >= 0.6 is 15.9 Å². The molecule has 0 aromatic heterocycles. The number of Topliss-reactive ketones (excluding diaryl/α,β-unsaturated/α-hetero) is 1. The Labute approximate surface area is 98.5 Å². The average Bonchev–Trinajstić information content (AvgIpc) is 2.18. The van der Waals surface area contributed by atoms with Gasteiger partial charge in [0.15, 0.2) is 5.78 Å². The van der Waals surface area contributed by atoms with Crippen molar-refractivity contribution in [3.63, 3.8) is 0 Å². The lowest BCUT2D eigenvalue weighted by atomic mass is 10.1. The highest BCUT2D eigenvalue weighted by molar-refractivity contribution is 9.10. The lowest BCUT2D eigenvalue weighted by Gasteiger charge is -2.10. The van der Waals surface area contributed by atoms with E-state index in [1.54, 1.807) is 0 Å². The van der Waals surface area contributed by atoms with E-state index in [0.29, 0.717) is 0 Å². The van der Waals surface area contributed by atoms with E-state index in [-0.39, 0.29) is 11.3 Å². The molecule has 0 aliphatic heterocycles. The summed E-state index contributed by atoms with van der Waals surface area (Å²) in [6, 6.07) is 2.83. The van der Waals surface area contributed by atoms with Crippen LogP contribution in [0.1, 0.15) is 17.3 Å². The highest BCUT2D eigenvalue weighted by Crippen LogP contribution is 2.24. The molecule has 0 saturated heterocycles. The van der Waals surface area contributed by atoms with Crippen molar-refractivity contribution in [1.82, 2.24) is 0 Å². The number of rotatable bonds is 4. The summed E-state index contributed by atoms with van der Waals surface area (Å²) in [5, 5.41) is 0. The van der Waals surface area contributed by atoms with Crippen molar-refractivity contribution in [3.05, 3.63) is 29.6 Å². The molecule has 1 rings (SSSR count). The monoisotopic (exact) mass is 296 g/mol. The summed E-state index contributed by atoms with van der Waals surface area (Å²) < 4.78 is 41.1. The van der Waals surface area contributed by atoms with E-state index in [4.69, 9.17) is 0 Å². The Hall–Kier alpha value is -1.04. The summed E-state index contributed by atoms with van der Waals surface area (Å²) in [6.45, 7) is -1.54. The Kier molecular flexibility index (Phi) is 4.35. The second kappa shape index (κ2) is 5.34. The van der Waals surface area contributed by atoms with E-state index in [0.717, 1.165) is 18.2 Å². The predicted molar refractivity (Wildman–Crippen MR) is 55.8 cm³/mol. The van der Waals surface area contributed by atoms with Gasteiger partial charge in [0.25, 0.3) is 0 Å². The number of hydrogen-bond donors (Lipinski definition) is 0. The molecule has 1 unspecified atom stereocenters. The van der Waals surface area contributed by atoms with Crippen LogP contribution in [0.3, 0.4) is 0 Å². The minimum absolute atomic E-state index is 0.204. The maximum Gasteiger partial charge on any atom is 0.387 e. The number of halogens is 4. The summed E-state index contributed by atoms with van der Waals surface area (Å²) >= 11 is 2.99. The van der Waals surface area contributed by atoms with Gasteiger partial charge in [-0.2, -0.15) is 8.78 Å². The molecule has 0 spiro atoms. The van der Waals surface area contributed by atoms with Crippen LogP contribution < -0.4 is 4.74 Å². The first-order valence-electron chi connectivity index (χ1n) is 4.34. The van der Waals surface area contributed by atoms with Crippen molar-refractivity contribution in [1.29, 1.82) is 0 Å².